The molecule has 0 radical (unpaired) electrons. The van der Waals surface area contributed by atoms with Crippen molar-refractivity contribution in [2.75, 3.05) is 45.2 Å². The van der Waals surface area contributed by atoms with E-state index < -0.39 is 15.9 Å². The van der Waals surface area contributed by atoms with Crippen molar-refractivity contribution in [1.82, 2.24) is 15.1 Å². The largest absolute Gasteiger partial charge is 0.347 e. The number of carbonyl (C=O) groups excluding carboxylic acids is 2. The van der Waals surface area contributed by atoms with Gasteiger partial charge in [-0.3, -0.25) is 9.59 Å². The lowest BCUT2D eigenvalue weighted by Gasteiger charge is -2.37. The zero-order valence-corrected chi connectivity index (χ0v) is 13.4. The number of rotatable bonds is 3. The fraction of sp³-hybridized carbons (Fsp3) is 0.846. The van der Waals surface area contributed by atoms with Crippen LogP contribution in [0.3, 0.4) is 0 Å². The number of piperazine rings is 1. The van der Waals surface area contributed by atoms with Crippen molar-refractivity contribution in [1.29, 1.82) is 0 Å². The Kier molecular flexibility index (Phi) is 4.88. The van der Waals surface area contributed by atoms with Crippen LogP contribution in [0, 0.1) is 5.92 Å². The van der Waals surface area contributed by atoms with E-state index in [9.17, 15) is 18.0 Å². The summed E-state index contributed by atoms with van der Waals surface area (Å²) in [5.41, 5.74) is 0. The Morgan fingerprint density at radius 3 is 2.62 bits per heavy atom. The van der Waals surface area contributed by atoms with Gasteiger partial charge in [0.2, 0.25) is 11.8 Å². The second-order valence-corrected chi connectivity index (χ2v) is 8.24. The highest BCUT2D eigenvalue weighted by Gasteiger charge is 2.36. The second kappa shape index (κ2) is 6.31. The maximum atomic E-state index is 12.4. The number of hydrogen-bond donors (Lipinski definition) is 1. The first-order chi connectivity index (χ1) is 9.80. The van der Waals surface area contributed by atoms with Gasteiger partial charge in [0.1, 0.15) is 6.04 Å². The van der Waals surface area contributed by atoms with Crippen LogP contribution in [0.1, 0.15) is 12.8 Å². The van der Waals surface area contributed by atoms with E-state index in [0.717, 1.165) is 0 Å². The lowest BCUT2D eigenvalue weighted by atomic mass is 10.0. The smallest absolute Gasteiger partial charge is 0.246 e. The summed E-state index contributed by atoms with van der Waals surface area (Å²) in [4.78, 5) is 27.7. The third-order valence-corrected chi connectivity index (χ3v) is 5.92. The van der Waals surface area contributed by atoms with Crippen LogP contribution in [-0.4, -0.2) is 81.3 Å². The van der Waals surface area contributed by atoms with Gasteiger partial charge in [0, 0.05) is 40.2 Å². The van der Waals surface area contributed by atoms with Crippen molar-refractivity contribution in [2.45, 2.75) is 18.9 Å². The lowest BCUT2D eigenvalue weighted by Crippen LogP contribution is -2.59. The summed E-state index contributed by atoms with van der Waals surface area (Å²) >= 11 is 0. The molecular weight excluding hydrogens is 294 g/mol. The molecule has 0 aromatic rings. The molecule has 2 amide bonds. The van der Waals surface area contributed by atoms with Gasteiger partial charge >= 0.3 is 0 Å². The molecule has 0 aliphatic carbocycles. The first-order valence-electron chi connectivity index (χ1n) is 7.22. The lowest BCUT2D eigenvalue weighted by molar-refractivity contribution is -0.145. The normalized spacial score (nSPS) is 28.4. The van der Waals surface area contributed by atoms with Gasteiger partial charge in [0.15, 0.2) is 9.84 Å². The fourth-order valence-corrected chi connectivity index (χ4v) is 4.78. The van der Waals surface area contributed by atoms with Crippen molar-refractivity contribution in [2.24, 2.45) is 5.92 Å². The number of hydrogen-bond acceptors (Lipinski definition) is 5. The number of sulfone groups is 1. The molecule has 2 saturated heterocycles. The van der Waals surface area contributed by atoms with Gasteiger partial charge in [-0.1, -0.05) is 0 Å². The zero-order chi connectivity index (χ0) is 15.6. The van der Waals surface area contributed by atoms with Gasteiger partial charge in [0.25, 0.3) is 0 Å². The van der Waals surface area contributed by atoms with Gasteiger partial charge in [-0.2, -0.15) is 0 Å². The molecule has 0 aromatic carbocycles. The van der Waals surface area contributed by atoms with Crippen molar-refractivity contribution >= 4 is 21.7 Å². The molecular formula is C13H23N3O4S. The molecule has 2 rings (SSSR count). The summed E-state index contributed by atoms with van der Waals surface area (Å²) in [6.07, 6.45) is 0.767. The summed E-state index contributed by atoms with van der Waals surface area (Å²) in [6, 6.07) is -0.487. The van der Waals surface area contributed by atoms with E-state index in [1.807, 2.05) is 0 Å². The fourth-order valence-electron chi connectivity index (χ4n) is 2.92. The van der Waals surface area contributed by atoms with E-state index in [4.69, 9.17) is 0 Å². The number of likely N-dealkylation sites (N-methyl/N-ethyl adjacent to an activating group) is 1. The molecule has 2 aliphatic heterocycles. The van der Waals surface area contributed by atoms with E-state index in [2.05, 4.69) is 5.32 Å². The van der Waals surface area contributed by atoms with Gasteiger partial charge in [0.05, 0.1) is 11.5 Å². The molecule has 2 unspecified atom stereocenters. The topological polar surface area (TPSA) is 86.8 Å². The van der Waals surface area contributed by atoms with Crippen molar-refractivity contribution in [3.05, 3.63) is 0 Å². The third-order valence-electron chi connectivity index (χ3n) is 4.08. The first-order valence-corrected chi connectivity index (χ1v) is 9.04. The zero-order valence-electron chi connectivity index (χ0n) is 12.5. The molecule has 0 spiro atoms. The van der Waals surface area contributed by atoms with Crippen LogP contribution in [-0.2, 0) is 19.4 Å². The summed E-state index contributed by atoms with van der Waals surface area (Å²) in [5.74, 6) is -0.0511. The highest BCUT2D eigenvalue weighted by atomic mass is 32.2. The Labute approximate surface area is 125 Å². The number of carbonyl (C=O) groups is 2. The molecule has 1 N–H and O–H groups in total. The molecule has 2 fully saturated rings. The van der Waals surface area contributed by atoms with E-state index in [0.29, 0.717) is 26.1 Å². The van der Waals surface area contributed by atoms with Crippen LogP contribution in [0.25, 0.3) is 0 Å². The van der Waals surface area contributed by atoms with Gasteiger partial charge in [-0.05, 0) is 12.3 Å². The average molecular weight is 317 g/mol. The minimum atomic E-state index is -2.97. The van der Waals surface area contributed by atoms with Crippen LogP contribution in [0.15, 0.2) is 0 Å². The Hall–Kier alpha value is -1.15. The summed E-state index contributed by atoms with van der Waals surface area (Å²) < 4.78 is 22.9. The molecule has 2 atom stereocenters. The van der Waals surface area contributed by atoms with Crippen LogP contribution in [0.2, 0.25) is 0 Å². The predicted octanol–water partition coefficient (Wildman–Crippen LogP) is -1.30. The maximum Gasteiger partial charge on any atom is 0.246 e. The summed E-state index contributed by atoms with van der Waals surface area (Å²) in [5, 5.41) is 3.12. The first kappa shape index (κ1) is 16.2. The van der Waals surface area contributed by atoms with Crippen LogP contribution < -0.4 is 5.32 Å². The monoisotopic (exact) mass is 317 g/mol. The standard InChI is InChI=1S/C13H23N3O4S/c1-15(2)13(18)11-8-14-4-5-16(11)12(17)7-10-3-6-21(19,20)9-10/h10-11,14H,3-9H2,1-2H3. The second-order valence-electron chi connectivity index (χ2n) is 6.01. The highest BCUT2D eigenvalue weighted by molar-refractivity contribution is 7.91. The minimum absolute atomic E-state index is 0.0944. The van der Waals surface area contributed by atoms with Gasteiger partial charge in [-0.25, -0.2) is 8.42 Å². The van der Waals surface area contributed by atoms with E-state index in [-0.39, 0.29) is 35.7 Å². The molecule has 8 heteroatoms. The maximum absolute atomic E-state index is 12.4. The quantitative estimate of drug-likeness (QED) is 0.699. The molecule has 2 aliphatic rings. The van der Waals surface area contributed by atoms with Gasteiger partial charge in [-0.15, -0.1) is 0 Å². The molecule has 0 bridgehead atoms. The van der Waals surface area contributed by atoms with Crippen molar-refractivity contribution in [3.8, 4) is 0 Å². The highest BCUT2D eigenvalue weighted by Crippen LogP contribution is 2.23. The average Bonchev–Trinajstić information content (AvgIpc) is 2.76. The Bertz CT molecular complexity index is 518. The Balaban J connectivity index is 2.00. The molecule has 2 heterocycles. The number of nitrogens with one attached hydrogen (secondary N) is 1. The minimum Gasteiger partial charge on any atom is -0.347 e. The molecule has 0 aromatic heterocycles. The van der Waals surface area contributed by atoms with E-state index in [1.54, 1.807) is 19.0 Å². The number of amides is 2. The summed E-state index contributed by atoms with van der Waals surface area (Å²) in [6.45, 7) is 1.60. The van der Waals surface area contributed by atoms with Crippen molar-refractivity contribution < 1.29 is 18.0 Å². The van der Waals surface area contributed by atoms with E-state index >= 15 is 0 Å². The SMILES string of the molecule is CN(C)C(=O)C1CNCCN1C(=O)CC1CCS(=O)(=O)C1. The predicted molar refractivity (Wildman–Crippen MR) is 78.4 cm³/mol. The summed E-state index contributed by atoms with van der Waals surface area (Å²) in [7, 11) is 0.366. The van der Waals surface area contributed by atoms with Gasteiger partial charge < -0.3 is 15.1 Å². The third kappa shape index (κ3) is 3.94. The Morgan fingerprint density at radius 2 is 2.05 bits per heavy atom. The van der Waals surface area contributed by atoms with Crippen molar-refractivity contribution in [3.63, 3.8) is 0 Å². The Morgan fingerprint density at radius 1 is 1.33 bits per heavy atom. The van der Waals surface area contributed by atoms with Crippen LogP contribution in [0.5, 0.6) is 0 Å². The molecule has 21 heavy (non-hydrogen) atoms. The van der Waals surface area contributed by atoms with E-state index in [1.165, 1.54) is 4.90 Å². The number of nitrogens with zero attached hydrogens (tertiary/aromatic N) is 2. The van der Waals surface area contributed by atoms with Crippen LogP contribution >= 0.6 is 0 Å². The molecule has 0 saturated carbocycles. The molecule has 7 nitrogen and oxygen atoms in total. The molecule has 120 valence electrons. The van der Waals surface area contributed by atoms with Crippen LogP contribution in [0.4, 0.5) is 0 Å².